The van der Waals surface area contributed by atoms with E-state index in [-0.39, 0.29) is 22.9 Å². The number of nitrogens with one attached hydrogen (secondary N) is 2. The van der Waals surface area contributed by atoms with E-state index in [0.717, 1.165) is 21.2 Å². The summed E-state index contributed by atoms with van der Waals surface area (Å²) in [7, 11) is -3.64. The van der Waals surface area contributed by atoms with Crippen molar-refractivity contribution in [3.8, 4) is 0 Å². The fraction of sp³-hybridized carbons (Fsp3) is 0.240. The summed E-state index contributed by atoms with van der Waals surface area (Å²) in [6, 6.07) is 23.5. The monoisotopic (exact) mass is 514 g/mol. The van der Waals surface area contributed by atoms with E-state index < -0.39 is 10.0 Å². The highest BCUT2D eigenvalue weighted by atomic mass is 79.9. The molecular formula is C25H27BrN2O3S. The molecule has 0 saturated heterocycles. The van der Waals surface area contributed by atoms with Gasteiger partial charge in [0.15, 0.2) is 0 Å². The third-order valence-electron chi connectivity index (χ3n) is 5.25. The molecule has 3 rings (SSSR count). The molecule has 7 heteroatoms. The van der Waals surface area contributed by atoms with Crippen LogP contribution >= 0.6 is 15.9 Å². The minimum atomic E-state index is -3.64. The molecule has 0 fully saturated rings. The van der Waals surface area contributed by atoms with E-state index in [1.807, 2.05) is 68.4 Å². The Kier molecular flexibility index (Phi) is 8.23. The van der Waals surface area contributed by atoms with Crippen molar-refractivity contribution < 1.29 is 13.2 Å². The lowest BCUT2D eigenvalue weighted by Crippen LogP contribution is -2.27. The van der Waals surface area contributed by atoms with Gasteiger partial charge in [-0.25, -0.2) is 13.1 Å². The highest BCUT2D eigenvalue weighted by molar-refractivity contribution is 9.10. The van der Waals surface area contributed by atoms with Gasteiger partial charge in [-0.05, 0) is 61.2 Å². The molecule has 3 aromatic carbocycles. The van der Waals surface area contributed by atoms with Crippen LogP contribution in [0.2, 0.25) is 0 Å². The largest absolute Gasteiger partial charge is 0.350 e. The van der Waals surface area contributed by atoms with E-state index >= 15 is 0 Å². The fourth-order valence-electron chi connectivity index (χ4n) is 3.35. The van der Waals surface area contributed by atoms with Crippen molar-refractivity contribution in [2.45, 2.75) is 43.7 Å². The smallest absolute Gasteiger partial charge is 0.241 e. The maximum absolute atomic E-state index is 12.7. The zero-order valence-corrected chi connectivity index (χ0v) is 20.5. The molecule has 0 aliphatic carbocycles. The van der Waals surface area contributed by atoms with Gasteiger partial charge in [-0.3, -0.25) is 4.79 Å². The maximum Gasteiger partial charge on any atom is 0.241 e. The van der Waals surface area contributed by atoms with Gasteiger partial charge in [-0.15, -0.1) is 0 Å². The molecule has 2 N–H and O–H groups in total. The number of carbonyl (C=O) groups excluding carboxylic acids is 1. The van der Waals surface area contributed by atoms with Gasteiger partial charge in [0.05, 0.1) is 10.9 Å². The van der Waals surface area contributed by atoms with E-state index in [9.17, 15) is 13.2 Å². The summed E-state index contributed by atoms with van der Waals surface area (Å²) in [5, 5.41) is 3.00. The van der Waals surface area contributed by atoms with Crippen molar-refractivity contribution in [1.82, 2.24) is 10.0 Å². The first kappa shape index (κ1) is 24.2. The third-order valence-corrected chi connectivity index (χ3v) is 7.34. The first-order valence-corrected chi connectivity index (χ1v) is 12.7. The number of carbonyl (C=O) groups is 1. The molecule has 168 valence electrons. The number of sulfonamides is 1. The molecule has 2 atom stereocenters. The predicted molar refractivity (Wildman–Crippen MR) is 131 cm³/mol. The van der Waals surface area contributed by atoms with Crippen LogP contribution in [-0.2, 0) is 21.2 Å². The number of hydrogen-bond donors (Lipinski definition) is 2. The zero-order valence-electron chi connectivity index (χ0n) is 18.1. The van der Waals surface area contributed by atoms with Crippen LogP contribution < -0.4 is 10.0 Å². The van der Waals surface area contributed by atoms with Gasteiger partial charge in [0, 0.05) is 16.9 Å². The number of halogens is 1. The van der Waals surface area contributed by atoms with Crippen molar-refractivity contribution in [3.05, 3.63) is 100 Å². The van der Waals surface area contributed by atoms with Gasteiger partial charge >= 0.3 is 0 Å². The molecule has 0 aliphatic rings. The molecule has 0 aromatic heterocycles. The molecule has 0 radical (unpaired) electrons. The standard InChI is InChI=1S/C25H27BrN2O3S/c1-18(22-11-13-23(26)14-12-22)27-25(29)17-10-20-8-15-24(16-9-20)32(30,31)28-19(2)21-6-4-3-5-7-21/h3-9,11-16,18-19,28H,10,17H2,1-2H3,(H,27,29)/t18-,19-/m1/s1. The van der Waals surface area contributed by atoms with Gasteiger partial charge in [0.25, 0.3) is 0 Å². The molecule has 0 unspecified atom stereocenters. The number of amides is 1. The van der Waals surface area contributed by atoms with Gasteiger partial charge in [-0.2, -0.15) is 0 Å². The van der Waals surface area contributed by atoms with Crippen molar-refractivity contribution in [2.24, 2.45) is 0 Å². The summed E-state index contributed by atoms with van der Waals surface area (Å²) < 4.78 is 29.1. The summed E-state index contributed by atoms with van der Waals surface area (Å²) in [5.41, 5.74) is 2.84. The van der Waals surface area contributed by atoms with Gasteiger partial charge in [0.2, 0.25) is 15.9 Å². The molecule has 0 bridgehead atoms. The Bertz CT molecular complexity index is 1130. The van der Waals surface area contributed by atoms with E-state index in [1.165, 1.54) is 0 Å². The topological polar surface area (TPSA) is 75.3 Å². The molecule has 3 aromatic rings. The lowest BCUT2D eigenvalue weighted by Gasteiger charge is -2.15. The summed E-state index contributed by atoms with van der Waals surface area (Å²) in [6.07, 6.45) is 0.864. The summed E-state index contributed by atoms with van der Waals surface area (Å²) in [5.74, 6) is -0.0459. The average Bonchev–Trinajstić information content (AvgIpc) is 2.78. The summed E-state index contributed by atoms with van der Waals surface area (Å²) in [6.45, 7) is 3.76. The lowest BCUT2D eigenvalue weighted by molar-refractivity contribution is -0.121. The fourth-order valence-corrected chi connectivity index (χ4v) is 4.85. The Balaban J connectivity index is 1.53. The number of hydrogen-bond acceptors (Lipinski definition) is 3. The summed E-state index contributed by atoms with van der Waals surface area (Å²) in [4.78, 5) is 12.5. The lowest BCUT2D eigenvalue weighted by atomic mass is 10.1. The zero-order chi connectivity index (χ0) is 23.1. The van der Waals surface area contributed by atoms with Gasteiger partial charge < -0.3 is 5.32 Å². The van der Waals surface area contributed by atoms with Crippen LogP contribution in [0.25, 0.3) is 0 Å². The molecule has 1 amide bonds. The normalized spacial score (nSPS) is 13.3. The molecular weight excluding hydrogens is 488 g/mol. The first-order valence-electron chi connectivity index (χ1n) is 10.5. The highest BCUT2D eigenvalue weighted by Crippen LogP contribution is 2.19. The van der Waals surface area contributed by atoms with E-state index in [0.29, 0.717) is 12.8 Å². The van der Waals surface area contributed by atoms with Crippen LogP contribution in [0.1, 0.15) is 49.0 Å². The van der Waals surface area contributed by atoms with Crippen LogP contribution in [0, 0.1) is 0 Å². The predicted octanol–water partition coefficient (Wildman–Crippen LogP) is 5.30. The van der Waals surface area contributed by atoms with E-state index in [1.54, 1.807) is 24.3 Å². The minimum absolute atomic E-state index is 0.0459. The van der Waals surface area contributed by atoms with Crippen LogP contribution in [-0.4, -0.2) is 14.3 Å². The van der Waals surface area contributed by atoms with Crippen molar-refractivity contribution in [1.29, 1.82) is 0 Å². The molecule has 5 nitrogen and oxygen atoms in total. The van der Waals surface area contributed by atoms with Gasteiger partial charge in [-0.1, -0.05) is 70.5 Å². The quantitative estimate of drug-likeness (QED) is 0.406. The minimum Gasteiger partial charge on any atom is -0.350 e. The first-order chi connectivity index (χ1) is 15.2. The Hall–Kier alpha value is -2.48. The number of aryl methyl sites for hydroxylation is 1. The van der Waals surface area contributed by atoms with Gasteiger partial charge in [0.1, 0.15) is 0 Å². The Labute approximate surface area is 198 Å². The van der Waals surface area contributed by atoms with Crippen molar-refractivity contribution >= 4 is 31.9 Å². The summed E-state index contributed by atoms with van der Waals surface area (Å²) >= 11 is 3.41. The SMILES string of the molecule is C[C@@H](NC(=O)CCc1ccc(S(=O)(=O)N[C@H](C)c2ccccc2)cc1)c1ccc(Br)cc1. The number of benzene rings is 3. The molecule has 0 saturated carbocycles. The molecule has 0 aliphatic heterocycles. The van der Waals surface area contributed by atoms with Crippen LogP contribution in [0.5, 0.6) is 0 Å². The Morgan fingerprint density at radius 3 is 2.06 bits per heavy atom. The van der Waals surface area contributed by atoms with E-state index in [2.05, 4.69) is 26.0 Å². The molecule has 32 heavy (non-hydrogen) atoms. The van der Waals surface area contributed by atoms with Crippen molar-refractivity contribution in [2.75, 3.05) is 0 Å². The molecule has 0 spiro atoms. The second-order valence-electron chi connectivity index (χ2n) is 7.74. The van der Waals surface area contributed by atoms with Crippen LogP contribution in [0.3, 0.4) is 0 Å². The maximum atomic E-state index is 12.7. The second-order valence-corrected chi connectivity index (χ2v) is 10.4. The Morgan fingerprint density at radius 1 is 0.844 bits per heavy atom. The third kappa shape index (κ3) is 6.76. The number of rotatable bonds is 9. The Morgan fingerprint density at radius 2 is 1.44 bits per heavy atom. The van der Waals surface area contributed by atoms with Crippen molar-refractivity contribution in [3.63, 3.8) is 0 Å². The second kappa shape index (κ2) is 10.9. The van der Waals surface area contributed by atoms with Crippen LogP contribution in [0.15, 0.2) is 88.2 Å². The van der Waals surface area contributed by atoms with E-state index in [4.69, 9.17) is 0 Å². The van der Waals surface area contributed by atoms with Crippen LogP contribution in [0.4, 0.5) is 0 Å². The molecule has 0 heterocycles. The average molecular weight is 515 g/mol. The highest BCUT2D eigenvalue weighted by Gasteiger charge is 2.18.